The maximum Gasteiger partial charge on any atom is 0.219 e. The number of rotatable bonds is 7. The van der Waals surface area contributed by atoms with E-state index in [1.54, 1.807) is 0 Å². The molecule has 0 aliphatic heterocycles. The Bertz CT molecular complexity index is 138. The summed E-state index contributed by atoms with van der Waals surface area (Å²) in [6.07, 6.45) is 3.08. The fourth-order valence-corrected chi connectivity index (χ4v) is 0.965. The zero-order valence-corrected chi connectivity index (χ0v) is 8.25. The third kappa shape index (κ3) is 9.30. The van der Waals surface area contributed by atoms with Crippen LogP contribution in [0, 0.1) is 0 Å². The van der Waals surface area contributed by atoms with E-state index in [0.29, 0.717) is 19.4 Å². The van der Waals surface area contributed by atoms with Crippen LogP contribution in [-0.2, 0) is 4.79 Å². The van der Waals surface area contributed by atoms with Gasteiger partial charge in [-0.25, -0.2) is 0 Å². The molecule has 0 fully saturated rings. The van der Waals surface area contributed by atoms with E-state index in [1.165, 1.54) is 0 Å². The first kappa shape index (κ1) is 12.4. The Labute approximate surface area is 79.5 Å². The second-order valence-electron chi connectivity index (χ2n) is 3.16. The van der Waals surface area contributed by atoms with Crippen molar-refractivity contribution in [3.63, 3.8) is 0 Å². The van der Waals surface area contributed by atoms with Crippen molar-refractivity contribution in [3.05, 3.63) is 0 Å². The van der Waals surface area contributed by atoms with Crippen molar-refractivity contribution in [3.8, 4) is 0 Å². The van der Waals surface area contributed by atoms with E-state index in [0.717, 1.165) is 19.3 Å². The van der Waals surface area contributed by atoms with Gasteiger partial charge >= 0.3 is 0 Å². The van der Waals surface area contributed by atoms with Gasteiger partial charge in [0.2, 0.25) is 5.91 Å². The monoisotopic (exact) mass is 188 g/mol. The van der Waals surface area contributed by atoms with Crippen LogP contribution in [0.4, 0.5) is 0 Å². The first-order valence-electron chi connectivity index (χ1n) is 4.87. The van der Waals surface area contributed by atoms with Gasteiger partial charge in [0.15, 0.2) is 0 Å². The van der Waals surface area contributed by atoms with Crippen molar-refractivity contribution in [1.29, 1.82) is 0 Å². The Hall–Kier alpha value is -0.610. The summed E-state index contributed by atoms with van der Waals surface area (Å²) >= 11 is 0. The van der Waals surface area contributed by atoms with Crippen LogP contribution in [0.15, 0.2) is 0 Å². The lowest BCUT2D eigenvalue weighted by Crippen LogP contribution is -2.26. The number of carbonyl (C=O) groups is 1. The molecule has 4 nitrogen and oxygen atoms in total. The Balaban J connectivity index is 3.17. The number of carbonyl (C=O) groups excluding carboxylic acids is 1. The summed E-state index contributed by atoms with van der Waals surface area (Å²) in [5.41, 5.74) is 5.13. The van der Waals surface area contributed by atoms with Crippen LogP contribution in [0.5, 0.6) is 0 Å². The molecule has 0 aromatic rings. The molecule has 78 valence electrons. The van der Waals surface area contributed by atoms with Gasteiger partial charge in [-0.2, -0.15) is 0 Å². The summed E-state index contributed by atoms with van der Waals surface area (Å²) in [6.45, 7) is 2.66. The Morgan fingerprint density at radius 2 is 2.23 bits per heavy atom. The van der Waals surface area contributed by atoms with Crippen molar-refractivity contribution in [1.82, 2.24) is 5.32 Å². The minimum atomic E-state index is -0.757. The van der Waals surface area contributed by atoms with Crippen molar-refractivity contribution in [2.24, 2.45) is 5.73 Å². The van der Waals surface area contributed by atoms with E-state index in [2.05, 4.69) is 12.2 Å². The zero-order chi connectivity index (χ0) is 10.1. The number of unbranched alkanes of at least 4 members (excludes halogenated alkanes) is 1. The fourth-order valence-electron chi connectivity index (χ4n) is 0.965. The summed E-state index contributed by atoms with van der Waals surface area (Å²) in [4.78, 5) is 11.0. The van der Waals surface area contributed by atoms with Gasteiger partial charge in [0.05, 0.1) is 0 Å². The second kappa shape index (κ2) is 8.01. The number of aliphatic hydroxyl groups is 1. The van der Waals surface area contributed by atoms with Crippen LogP contribution in [0.3, 0.4) is 0 Å². The molecule has 4 heteroatoms. The van der Waals surface area contributed by atoms with Crippen LogP contribution >= 0.6 is 0 Å². The molecule has 0 spiro atoms. The van der Waals surface area contributed by atoms with Gasteiger partial charge in [0, 0.05) is 13.0 Å². The normalized spacial score (nSPS) is 12.5. The van der Waals surface area contributed by atoms with Crippen LogP contribution in [0.25, 0.3) is 0 Å². The van der Waals surface area contributed by atoms with Crippen molar-refractivity contribution >= 4 is 5.91 Å². The largest absolute Gasteiger partial charge is 0.379 e. The molecule has 1 unspecified atom stereocenters. The number of aliphatic hydroxyl groups excluding tert-OH is 1. The second-order valence-corrected chi connectivity index (χ2v) is 3.16. The number of nitrogens with two attached hydrogens (primary N) is 1. The van der Waals surface area contributed by atoms with Crippen molar-refractivity contribution in [2.45, 2.75) is 45.3 Å². The van der Waals surface area contributed by atoms with Crippen molar-refractivity contribution < 1.29 is 9.90 Å². The minimum absolute atomic E-state index is 0.0911. The molecule has 0 aliphatic carbocycles. The summed E-state index contributed by atoms with van der Waals surface area (Å²) < 4.78 is 0. The van der Waals surface area contributed by atoms with Gasteiger partial charge < -0.3 is 16.2 Å². The van der Waals surface area contributed by atoms with E-state index >= 15 is 0 Å². The molecule has 0 aromatic carbocycles. The molecule has 0 rings (SSSR count). The average Bonchev–Trinajstić information content (AvgIpc) is 2.08. The average molecular weight is 188 g/mol. The highest BCUT2D eigenvalue weighted by Crippen LogP contribution is 1.94. The lowest BCUT2D eigenvalue weighted by atomic mass is 10.2. The zero-order valence-electron chi connectivity index (χ0n) is 8.25. The van der Waals surface area contributed by atoms with Crippen molar-refractivity contribution in [2.75, 3.05) is 6.54 Å². The third-order valence-electron chi connectivity index (χ3n) is 1.76. The molecule has 4 N–H and O–H groups in total. The molecule has 0 aliphatic rings. The topological polar surface area (TPSA) is 75.4 Å². The highest BCUT2D eigenvalue weighted by molar-refractivity contribution is 5.75. The molecule has 13 heavy (non-hydrogen) atoms. The summed E-state index contributed by atoms with van der Waals surface area (Å²) in [6, 6.07) is 0. The highest BCUT2D eigenvalue weighted by Gasteiger charge is 1.99. The molecule has 0 aromatic heterocycles. The van der Waals surface area contributed by atoms with E-state index in [1.807, 2.05) is 0 Å². The number of hydrogen-bond acceptors (Lipinski definition) is 3. The van der Waals surface area contributed by atoms with Gasteiger partial charge in [-0.1, -0.05) is 13.3 Å². The summed E-state index contributed by atoms with van der Waals surface area (Å²) in [5, 5.41) is 11.5. The lowest BCUT2D eigenvalue weighted by Gasteiger charge is -2.05. The Morgan fingerprint density at radius 1 is 1.54 bits per heavy atom. The fraction of sp³-hybridized carbons (Fsp3) is 0.889. The predicted octanol–water partition coefficient (Wildman–Crippen LogP) is 0.350. The highest BCUT2D eigenvalue weighted by atomic mass is 16.3. The number of amides is 1. The Morgan fingerprint density at radius 3 is 2.77 bits per heavy atom. The molecule has 0 radical (unpaired) electrons. The molecular weight excluding hydrogens is 168 g/mol. The van der Waals surface area contributed by atoms with Crippen LogP contribution in [0.2, 0.25) is 0 Å². The van der Waals surface area contributed by atoms with Gasteiger partial charge in [-0.05, 0) is 19.3 Å². The molecule has 1 atom stereocenters. The van der Waals surface area contributed by atoms with Gasteiger partial charge in [-0.15, -0.1) is 0 Å². The van der Waals surface area contributed by atoms with E-state index in [4.69, 9.17) is 10.8 Å². The van der Waals surface area contributed by atoms with E-state index < -0.39 is 6.23 Å². The molecule has 1 amide bonds. The predicted molar refractivity (Wildman–Crippen MR) is 52.0 cm³/mol. The molecule has 0 saturated heterocycles. The number of hydrogen-bond donors (Lipinski definition) is 3. The smallest absolute Gasteiger partial charge is 0.219 e. The summed E-state index contributed by atoms with van der Waals surface area (Å²) in [7, 11) is 0. The van der Waals surface area contributed by atoms with Gasteiger partial charge in [0.25, 0.3) is 0 Å². The molecule has 0 bridgehead atoms. The summed E-state index contributed by atoms with van der Waals surface area (Å²) in [5.74, 6) is 0.0911. The quantitative estimate of drug-likeness (QED) is 0.398. The molecule has 0 saturated carbocycles. The standard InChI is InChI=1S/C9H20N2O2/c1-2-3-6-9(13)11-7-4-5-8(10)12/h8,12H,2-7,10H2,1H3,(H,11,13). The van der Waals surface area contributed by atoms with E-state index in [9.17, 15) is 4.79 Å². The maximum atomic E-state index is 11.0. The van der Waals surface area contributed by atoms with Crippen LogP contribution in [-0.4, -0.2) is 23.8 Å². The SMILES string of the molecule is CCCCC(=O)NCCCC(N)O. The molecular formula is C9H20N2O2. The Kier molecular flexibility index (Phi) is 7.63. The first-order valence-corrected chi connectivity index (χ1v) is 4.87. The number of nitrogens with one attached hydrogen (secondary N) is 1. The van der Waals surface area contributed by atoms with Gasteiger partial charge in [-0.3, -0.25) is 4.79 Å². The van der Waals surface area contributed by atoms with Crippen LogP contribution < -0.4 is 11.1 Å². The van der Waals surface area contributed by atoms with Gasteiger partial charge in [0.1, 0.15) is 6.23 Å². The first-order chi connectivity index (χ1) is 6.16. The minimum Gasteiger partial charge on any atom is -0.379 e. The third-order valence-corrected chi connectivity index (χ3v) is 1.76. The van der Waals surface area contributed by atoms with E-state index in [-0.39, 0.29) is 5.91 Å². The lowest BCUT2D eigenvalue weighted by molar-refractivity contribution is -0.121. The van der Waals surface area contributed by atoms with Crippen LogP contribution in [0.1, 0.15) is 39.0 Å². The maximum absolute atomic E-state index is 11.0. The molecule has 0 heterocycles.